The van der Waals surface area contributed by atoms with Gasteiger partial charge in [0.05, 0.1) is 46.8 Å². The number of nitro groups is 1. The number of allylic oxidation sites excluding steroid dienone is 1. The Morgan fingerprint density at radius 1 is 0.982 bits per heavy atom. The number of benzene rings is 4. The van der Waals surface area contributed by atoms with E-state index in [0.717, 1.165) is 26.4 Å². The lowest BCUT2D eigenvalue weighted by Gasteiger charge is -2.44. The van der Waals surface area contributed by atoms with Gasteiger partial charge in [-0.25, -0.2) is 4.90 Å². The van der Waals surface area contributed by atoms with E-state index in [2.05, 4.69) is 45.0 Å². The van der Waals surface area contributed by atoms with Gasteiger partial charge in [0.15, 0.2) is 0 Å². The van der Waals surface area contributed by atoms with Crippen molar-refractivity contribution in [3.8, 4) is 5.75 Å². The second kappa shape index (κ2) is 17.3. The van der Waals surface area contributed by atoms with Crippen LogP contribution in [0.3, 0.4) is 0 Å². The summed E-state index contributed by atoms with van der Waals surface area (Å²) in [5.41, 5.74) is 2.68. The van der Waals surface area contributed by atoms with E-state index in [1.807, 2.05) is 49.4 Å². The van der Waals surface area contributed by atoms with E-state index in [-0.39, 0.29) is 41.6 Å². The zero-order valence-corrected chi connectivity index (χ0v) is 34.4. The van der Waals surface area contributed by atoms with Crippen LogP contribution in [0, 0.1) is 27.9 Å². The number of nitro benzene ring substituents is 1. The van der Waals surface area contributed by atoms with Gasteiger partial charge in [0, 0.05) is 18.1 Å². The molecule has 1 heterocycles. The summed E-state index contributed by atoms with van der Waals surface area (Å²) in [5.74, 6) is -3.83. The highest BCUT2D eigenvalue weighted by Gasteiger charge is 2.56. The molecular formula is C45H49ClN2O8Si. The van der Waals surface area contributed by atoms with Crippen LogP contribution in [-0.4, -0.2) is 59.7 Å². The number of aliphatic hydroxyl groups is 2. The normalized spacial score (nSPS) is 19.5. The first-order valence-electron chi connectivity index (χ1n) is 19.3. The number of carbonyl (C=O) groups excluding carboxylic acids is 2. The number of aliphatic hydroxyl groups excluding tert-OH is 2. The highest BCUT2D eigenvalue weighted by molar-refractivity contribution is 6.99. The van der Waals surface area contributed by atoms with Gasteiger partial charge in [-0.2, -0.15) is 0 Å². The average Bonchev–Trinajstić information content (AvgIpc) is 3.45. The first kappa shape index (κ1) is 41.7. The van der Waals surface area contributed by atoms with Crippen molar-refractivity contribution >= 4 is 59.6 Å². The van der Waals surface area contributed by atoms with Gasteiger partial charge < -0.3 is 19.7 Å². The molecule has 0 spiro atoms. The smallest absolute Gasteiger partial charge is 0.271 e. The zero-order valence-electron chi connectivity index (χ0n) is 32.6. The van der Waals surface area contributed by atoms with E-state index in [1.54, 1.807) is 12.1 Å². The van der Waals surface area contributed by atoms with Crippen molar-refractivity contribution in [1.82, 2.24) is 0 Å². The van der Waals surface area contributed by atoms with Gasteiger partial charge in [-0.1, -0.05) is 118 Å². The fraction of sp³-hybridized carbons (Fsp3) is 0.333. The molecule has 10 nitrogen and oxygen atoms in total. The molecule has 2 aliphatic rings. The number of anilines is 1. The van der Waals surface area contributed by atoms with Gasteiger partial charge in [-0.05, 0) is 82.1 Å². The third-order valence-corrected chi connectivity index (χ3v) is 16.8. The fourth-order valence-electron chi connectivity index (χ4n) is 8.73. The molecule has 57 heavy (non-hydrogen) atoms. The summed E-state index contributed by atoms with van der Waals surface area (Å²) >= 11 is 6.42. The molecular weight excluding hydrogens is 760 g/mol. The minimum atomic E-state index is -3.12. The molecule has 0 radical (unpaired) electrons. The summed E-state index contributed by atoms with van der Waals surface area (Å²) in [5, 5.41) is 47.0. The molecule has 4 atom stereocenters. The summed E-state index contributed by atoms with van der Waals surface area (Å²) in [6.45, 7) is 8.00. The number of phenols is 1. The van der Waals surface area contributed by atoms with Gasteiger partial charge >= 0.3 is 0 Å². The Bertz CT molecular complexity index is 2150. The van der Waals surface area contributed by atoms with Crippen molar-refractivity contribution in [3.05, 3.63) is 141 Å². The maximum Gasteiger partial charge on any atom is 0.271 e. The molecule has 1 aliphatic heterocycles. The number of halogens is 1. The maximum atomic E-state index is 14.3. The predicted octanol–water partition coefficient (Wildman–Crippen LogP) is 7.58. The summed E-state index contributed by atoms with van der Waals surface area (Å²) in [6.07, 6.45) is 2.29. The number of carbonyl (C=O) groups is 2. The largest absolute Gasteiger partial charge is 0.508 e. The van der Waals surface area contributed by atoms with Crippen molar-refractivity contribution in [2.75, 3.05) is 18.1 Å². The van der Waals surface area contributed by atoms with Crippen LogP contribution in [-0.2, 0) is 14.0 Å². The third-order valence-electron chi connectivity index (χ3n) is 11.5. The number of hydrogen-bond donors (Lipinski definition) is 3. The number of aromatic hydroxyl groups is 1. The topological polar surface area (TPSA) is 150 Å². The minimum absolute atomic E-state index is 0.0390. The molecule has 1 fully saturated rings. The van der Waals surface area contributed by atoms with Crippen molar-refractivity contribution in [3.63, 3.8) is 0 Å². The lowest BCUT2D eigenvalue weighted by Crippen LogP contribution is -2.66. The SMILES string of the molecule is CC/C(=C\c1ccc(O)cc1Cl)CC[C@@H](O)C1=C(CO[Si](c2ccccc2)(c2ccccc2)C(C)(C)C)C[C@H]2C(=O)N(c3cccc([N+](=O)[O-])c3)C(=O)[C@H]2[C@H]1CO. The maximum absolute atomic E-state index is 14.3. The molecule has 1 saturated heterocycles. The van der Waals surface area contributed by atoms with Crippen LogP contribution in [0.1, 0.15) is 58.9 Å². The minimum Gasteiger partial charge on any atom is -0.508 e. The molecule has 2 amide bonds. The van der Waals surface area contributed by atoms with Gasteiger partial charge in [-0.3, -0.25) is 19.7 Å². The highest BCUT2D eigenvalue weighted by atomic mass is 35.5. The van der Waals surface area contributed by atoms with Crippen molar-refractivity contribution in [1.29, 1.82) is 0 Å². The molecule has 0 aromatic heterocycles. The highest BCUT2D eigenvalue weighted by Crippen LogP contribution is 2.48. The lowest BCUT2D eigenvalue weighted by atomic mass is 9.68. The quantitative estimate of drug-likeness (QED) is 0.0388. The second-order valence-electron chi connectivity index (χ2n) is 15.8. The molecule has 3 N–H and O–H groups in total. The average molecular weight is 809 g/mol. The van der Waals surface area contributed by atoms with E-state index in [4.69, 9.17) is 16.0 Å². The van der Waals surface area contributed by atoms with Gasteiger partial charge in [0.25, 0.3) is 14.0 Å². The Labute approximate surface area is 339 Å². The van der Waals surface area contributed by atoms with Crippen LogP contribution in [0.2, 0.25) is 10.1 Å². The third kappa shape index (κ3) is 8.26. The number of non-ortho nitro benzene ring substituents is 1. The standard InChI is InChI=1S/C45H49ClN2O8Si/c1-5-29(23-30-20-21-34(50)26-39(30)46)19-22-40(51)41-31(28-56-57(45(2,3)4,35-15-8-6-9-16-35)36-17-10-7-11-18-36)24-37-42(38(41)27-49)44(53)47(43(37)52)32-13-12-14-33(25-32)48(54)55/h6-18,20-21,23,25-26,37-38,40,42,49-51H,5,19,22,24,27-28H2,1-4H3/b29-23+/t37-,38+,40-,42-/m1/s1. The molecule has 12 heteroatoms. The first-order valence-corrected chi connectivity index (χ1v) is 21.6. The van der Waals surface area contributed by atoms with E-state index < -0.39 is 55.5 Å². The van der Waals surface area contributed by atoms with E-state index in [0.29, 0.717) is 29.0 Å². The Hall–Kier alpha value is -4.91. The number of hydrogen-bond acceptors (Lipinski definition) is 8. The van der Waals surface area contributed by atoms with Crippen LogP contribution < -0.4 is 15.3 Å². The number of nitrogens with zero attached hydrogens (tertiary/aromatic N) is 2. The summed E-state index contributed by atoms with van der Waals surface area (Å²) < 4.78 is 7.35. The first-order chi connectivity index (χ1) is 27.2. The molecule has 0 unspecified atom stereocenters. The van der Waals surface area contributed by atoms with Crippen molar-refractivity contribution < 1.29 is 34.3 Å². The zero-order chi connectivity index (χ0) is 41.1. The van der Waals surface area contributed by atoms with E-state index in [9.17, 15) is 35.0 Å². The van der Waals surface area contributed by atoms with Gasteiger partial charge in [-0.15, -0.1) is 0 Å². The summed E-state index contributed by atoms with van der Waals surface area (Å²) in [4.78, 5) is 40.7. The molecule has 4 aromatic carbocycles. The summed E-state index contributed by atoms with van der Waals surface area (Å²) in [6, 6.07) is 30.4. The number of imide groups is 1. The fourth-order valence-corrected chi connectivity index (χ4v) is 13.5. The second-order valence-corrected chi connectivity index (χ2v) is 20.6. The Morgan fingerprint density at radius 3 is 2.19 bits per heavy atom. The van der Waals surface area contributed by atoms with E-state index in [1.165, 1.54) is 30.3 Å². The molecule has 0 saturated carbocycles. The van der Waals surface area contributed by atoms with Crippen LogP contribution in [0.5, 0.6) is 5.75 Å². The Balaban J connectivity index is 1.43. The van der Waals surface area contributed by atoms with Gasteiger partial charge in [0.1, 0.15) is 5.75 Å². The number of fused-ring (bicyclic) bond motifs is 1. The van der Waals surface area contributed by atoms with Crippen LogP contribution >= 0.6 is 11.6 Å². The van der Waals surface area contributed by atoms with Crippen LogP contribution in [0.4, 0.5) is 11.4 Å². The number of amides is 2. The van der Waals surface area contributed by atoms with Gasteiger partial charge in [0.2, 0.25) is 11.8 Å². The molecule has 298 valence electrons. The number of rotatable bonds is 14. The molecule has 0 bridgehead atoms. The van der Waals surface area contributed by atoms with Crippen LogP contribution in [0.15, 0.2) is 120 Å². The van der Waals surface area contributed by atoms with Crippen molar-refractivity contribution in [2.24, 2.45) is 17.8 Å². The predicted molar refractivity (Wildman–Crippen MR) is 225 cm³/mol. The molecule has 4 aromatic rings. The van der Waals surface area contributed by atoms with E-state index >= 15 is 0 Å². The van der Waals surface area contributed by atoms with Crippen molar-refractivity contribution in [2.45, 2.75) is 64.5 Å². The monoisotopic (exact) mass is 808 g/mol. The lowest BCUT2D eigenvalue weighted by molar-refractivity contribution is -0.384. The van der Waals surface area contributed by atoms with Crippen LogP contribution in [0.25, 0.3) is 6.08 Å². The number of phenolic OH excluding ortho intramolecular Hbond substituents is 1. The Kier molecular flexibility index (Phi) is 12.7. The molecule has 6 rings (SSSR count). The Morgan fingerprint density at radius 2 is 1.63 bits per heavy atom. The molecule has 1 aliphatic carbocycles. The summed E-state index contributed by atoms with van der Waals surface area (Å²) in [7, 11) is -3.12.